The summed E-state index contributed by atoms with van der Waals surface area (Å²) >= 11 is 0. The lowest BCUT2D eigenvalue weighted by Crippen LogP contribution is -2.20. The molecule has 0 aliphatic rings. The maximum Gasteiger partial charge on any atom is 0.0485 e. The third-order valence-electron chi connectivity index (χ3n) is 2.32. The molecule has 0 aliphatic carbocycles. The lowest BCUT2D eigenvalue weighted by Gasteiger charge is -2.22. The van der Waals surface area contributed by atoms with Crippen LogP contribution in [0.4, 0.5) is 0 Å². The first kappa shape index (κ1) is 11.8. The second-order valence-electron chi connectivity index (χ2n) is 4.42. The number of aromatic nitrogens is 1. The number of hydrogen-bond acceptors (Lipinski definition) is 0. The third-order valence-corrected chi connectivity index (χ3v) is 2.32. The Hall–Kier alpha value is -1.24. The maximum absolute atomic E-state index is 2.31. The highest BCUT2D eigenvalue weighted by Gasteiger charge is 2.13. The Kier molecular flexibility index (Phi) is 3.57. The molecule has 0 atom stereocenters. The van der Waals surface area contributed by atoms with Gasteiger partial charge in [-0.2, -0.15) is 0 Å². The van der Waals surface area contributed by atoms with Gasteiger partial charge in [0.25, 0.3) is 0 Å². The monoisotopic (exact) mass is 203 g/mol. The first-order valence-corrected chi connectivity index (χ1v) is 5.65. The average Bonchev–Trinajstić information content (AvgIpc) is 2.63. The molecule has 0 aliphatic heterocycles. The van der Waals surface area contributed by atoms with Crippen LogP contribution in [0.5, 0.6) is 0 Å². The molecule has 0 radical (unpaired) electrons. The minimum absolute atomic E-state index is 0.170. The van der Waals surface area contributed by atoms with Crippen molar-refractivity contribution in [1.82, 2.24) is 4.57 Å². The van der Waals surface area contributed by atoms with E-state index in [1.807, 2.05) is 13.8 Å². The fourth-order valence-electron chi connectivity index (χ4n) is 1.67. The van der Waals surface area contributed by atoms with Gasteiger partial charge in [0.05, 0.1) is 0 Å². The lowest BCUT2D eigenvalue weighted by atomic mass is 10.1. The zero-order valence-electron chi connectivity index (χ0n) is 10.4. The molecule has 82 valence electrons. The van der Waals surface area contributed by atoms with Gasteiger partial charge in [0, 0.05) is 17.3 Å². The van der Waals surface area contributed by atoms with Crippen molar-refractivity contribution in [2.45, 2.75) is 40.2 Å². The zero-order chi connectivity index (χ0) is 11.5. The Morgan fingerprint density at radius 3 is 2.13 bits per heavy atom. The van der Waals surface area contributed by atoms with Crippen LogP contribution in [-0.4, -0.2) is 4.57 Å². The molecule has 1 aromatic heterocycles. The summed E-state index contributed by atoms with van der Waals surface area (Å²) in [4.78, 5) is 0. The Morgan fingerprint density at radius 1 is 0.933 bits per heavy atom. The summed E-state index contributed by atoms with van der Waals surface area (Å²) in [6.07, 6.45) is 2.16. The third kappa shape index (κ3) is 2.41. The molecule has 0 bridgehead atoms. The Bertz CT molecular complexity index is 418. The summed E-state index contributed by atoms with van der Waals surface area (Å²) in [5.74, 6) is 0. The van der Waals surface area contributed by atoms with Crippen molar-refractivity contribution in [3.05, 3.63) is 36.5 Å². The number of fused-ring (bicyclic) bond motifs is 1. The van der Waals surface area contributed by atoms with Crippen molar-refractivity contribution in [3.8, 4) is 0 Å². The summed E-state index contributed by atoms with van der Waals surface area (Å²) in [6.45, 7) is 10.7. The van der Waals surface area contributed by atoms with Crippen molar-refractivity contribution in [3.63, 3.8) is 0 Å². The van der Waals surface area contributed by atoms with Gasteiger partial charge < -0.3 is 4.57 Å². The van der Waals surface area contributed by atoms with Crippen LogP contribution in [0.1, 0.15) is 34.6 Å². The first-order chi connectivity index (χ1) is 7.09. The fraction of sp³-hybridized carbons (Fsp3) is 0.429. The van der Waals surface area contributed by atoms with Crippen LogP contribution in [0.15, 0.2) is 36.5 Å². The highest BCUT2D eigenvalue weighted by molar-refractivity contribution is 5.80. The van der Waals surface area contributed by atoms with Gasteiger partial charge in [0.1, 0.15) is 0 Å². The van der Waals surface area contributed by atoms with Crippen LogP contribution < -0.4 is 0 Å². The molecule has 1 aromatic carbocycles. The Balaban J connectivity index is 0.000000531. The second-order valence-corrected chi connectivity index (χ2v) is 4.42. The van der Waals surface area contributed by atoms with E-state index in [4.69, 9.17) is 0 Å². The molecule has 1 heterocycles. The molecular weight excluding hydrogens is 182 g/mol. The second kappa shape index (κ2) is 4.52. The van der Waals surface area contributed by atoms with Crippen LogP contribution in [-0.2, 0) is 5.54 Å². The number of para-hydroxylation sites is 1. The van der Waals surface area contributed by atoms with Gasteiger partial charge in [-0.3, -0.25) is 0 Å². The van der Waals surface area contributed by atoms with E-state index in [1.54, 1.807) is 0 Å². The van der Waals surface area contributed by atoms with Crippen LogP contribution >= 0.6 is 0 Å². The van der Waals surface area contributed by atoms with E-state index in [1.165, 1.54) is 10.9 Å². The van der Waals surface area contributed by atoms with E-state index in [9.17, 15) is 0 Å². The molecule has 1 nitrogen and oxygen atoms in total. The normalized spacial score (nSPS) is 11.0. The molecule has 0 fully saturated rings. The molecule has 2 aromatic rings. The quantitative estimate of drug-likeness (QED) is 0.597. The number of nitrogens with zero attached hydrogens (tertiary/aromatic N) is 1. The molecule has 15 heavy (non-hydrogen) atoms. The number of benzene rings is 1. The molecule has 1 heteroatoms. The minimum atomic E-state index is 0.170. The summed E-state index contributed by atoms with van der Waals surface area (Å²) in [5.41, 5.74) is 1.48. The lowest BCUT2D eigenvalue weighted by molar-refractivity contribution is 0.411. The number of hydrogen-bond donors (Lipinski definition) is 0. The molecular formula is C14H21N. The van der Waals surface area contributed by atoms with Gasteiger partial charge in [0.2, 0.25) is 0 Å². The van der Waals surface area contributed by atoms with Crippen molar-refractivity contribution in [2.24, 2.45) is 0 Å². The molecule has 0 saturated heterocycles. The maximum atomic E-state index is 2.31. The number of rotatable bonds is 0. The predicted octanol–water partition coefficient (Wildman–Crippen LogP) is 4.42. The predicted molar refractivity (Wildman–Crippen MR) is 68.3 cm³/mol. The van der Waals surface area contributed by atoms with Crippen LogP contribution in [0.2, 0.25) is 0 Å². The Morgan fingerprint density at radius 2 is 1.53 bits per heavy atom. The van der Waals surface area contributed by atoms with Gasteiger partial charge in [-0.05, 0) is 38.3 Å². The highest BCUT2D eigenvalue weighted by Crippen LogP contribution is 2.23. The van der Waals surface area contributed by atoms with Crippen LogP contribution in [0.3, 0.4) is 0 Å². The van der Waals surface area contributed by atoms with E-state index >= 15 is 0 Å². The van der Waals surface area contributed by atoms with E-state index in [-0.39, 0.29) is 5.54 Å². The SMILES string of the molecule is CC.CC(C)(C)n1ccc2ccccc21. The largest absolute Gasteiger partial charge is 0.342 e. The standard InChI is InChI=1S/C12H15N.C2H6/c1-12(2,3)13-9-8-10-6-4-5-7-11(10)13;1-2/h4-9H,1-3H3;1-2H3. The van der Waals surface area contributed by atoms with E-state index in [0.717, 1.165) is 0 Å². The average molecular weight is 203 g/mol. The van der Waals surface area contributed by atoms with Gasteiger partial charge in [-0.15, -0.1) is 0 Å². The van der Waals surface area contributed by atoms with Crippen LogP contribution in [0.25, 0.3) is 10.9 Å². The van der Waals surface area contributed by atoms with Crippen molar-refractivity contribution in [2.75, 3.05) is 0 Å². The van der Waals surface area contributed by atoms with E-state index in [2.05, 4.69) is 61.9 Å². The van der Waals surface area contributed by atoms with Gasteiger partial charge in [-0.1, -0.05) is 32.0 Å². The van der Waals surface area contributed by atoms with Crippen LogP contribution in [0, 0.1) is 0 Å². The molecule has 0 amide bonds. The summed E-state index contributed by atoms with van der Waals surface area (Å²) in [6, 6.07) is 10.7. The molecule has 0 unspecified atom stereocenters. The van der Waals surface area contributed by atoms with Crippen molar-refractivity contribution in [1.29, 1.82) is 0 Å². The zero-order valence-corrected chi connectivity index (χ0v) is 10.4. The molecule has 2 rings (SSSR count). The van der Waals surface area contributed by atoms with E-state index in [0.29, 0.717) is 0 Å². The van der Waals surface area contributed by atoms with Gasteiger partial charge >= 0.3 is 0 Å². The molecule has 0 saturated carbocycles. The molecule has 0 N–H and O–H groups in total. The van der Waals surface area contributed by atoms with E-state index < -0.39 is 0 Å². The Labute approximate surface area is 92.7 Å². The topological polar surface area (TPSA) is 4.93 Å². The van der Waals surface area contributed by atoms with Crippen molar-refractivity contribution < 1.29 is 0 Å². The van der Waals surface area contributed by atoms with Gasteiger partial charge in [-0.25, -0.2) is 0 Å². The molecule has 0 spiro atoms. The summed E-state index contributed by atoms with van der Waals surface area (Å²) in [7, 11) is 0. The first-order valence-electron chi connectivity index (χ1n) is 5.65. The minimum Gasteiger partial charge on any atom is -0.342 e. The fourth-order valence-corrected chi connectivity index (χ4v) is 1.67. The smallest absolute Gasteiger partial charge is 0.0485 e. The highest BCUT2D eigenvalue weighted by atomic mass is 15.0. The summed E-state index contributed by atoms with van der Waals surface area (Å²) in [5, 5.41) is 1.32. The summed E-state index contributed by atoms with van der Waals surface area (Å²) < 4.78 is 2.31. The van der Waals surface area contributed by atoms with Gasteiger partial charge in [0.15, 0.2) is 0 Å². The van der Waals surface area contributed by atoms with Crippen molar-refractivity contribution >= 4 is 10.9 Å².